The first-order valence-electron chi connectivity index (χ1n) is 22.2. The van der Waals surface area contributed by atoms with E-state index < -0.39 is 0 Å². The van der Waals surface area contributed by atoms with Gasteiger partial charge in [-0.05, 0) is 51.4 Å². The largest absolute Gasteiger partial charge is 0.394 e. The second-order valence-corrected chi connectivity index (χ2v) is 15.4. The molecule has 0 fully saturated rings. The Morgan fingerprint density at radius 2 is 0.846 bits per heavy atom. The summed E-state index contributed by atoms with van der Waals surface area (Å²) in [6.45, 7) is 12.0. The summed E-state index contributed by atoms with van der Waals surface area (Å²) in [5.74, 6) is 0. The predicted molar refractivity (Wildman–Crippen MR) is 222 cm³/mol. The van der Waals surface area contributed by atoms with Crippen LogP contribution in [-0.4, -0.2) is 109 Å². The molecule has 0 aliphatic heterocycles. The summed E-state index contributed by atoms with van der Waals surface area (Å²) >= 11 is 0. The Balaban J connectivity index is 4.21. The SMILES string of the molecule is CCCC/C=C\CCCCCCCCCCOCC(C[N+](C)(C)CCOCCOCCOCCO)OCCCCCCCCCC/C=C\CCCC. The topological polar surface area (TPSA) is 66.4 Å². The van der Waals surface area contributed by atoms with Crippen LogP contribution in [0.3, 0.4) is 0 Å². The van der Waals surface area contributed by atoms with E-state index in [4.69, 9.17) is 28.8 Å². The maximum absolute atomic E-state index is 8.76. The van der Waals surface area contributed by atoms with Crippen LogP contribution < -0.4 is 0 Å². The number of likely N-dealkylation sites (N-methyl/N-ethyl adjacent to an activating group) is 1. The van der Waals surface area contributed by atoms with Gasteiger partial charge in [0.1, 0.15) is 19.2 Å². The van der Waals surface area contributed by atoms with Crippen LogP contribution in [0.2, 0.25) is 0 Å². The second-order valence-electron chi connectivity index (χ2n) is 15.4. The number of hydrogen-bond acceptors (Lipinski definition) is 6. The van der Waals surface area contributed by atoms with Crippen LogP contribution in [0.15, 0.2) is 24.3 Å². The minimum Gasteiger partial charge on any atom is -0.394 e. The van der Waals surface area contributed by atoms with Crippen LogP contribution in [-0.2, 0) is 23.7 Å². The fourth-order valence-corrected chi connectivity index (χ4v) is 6.25. The Bertz CT molecular complexity index is 731. The molecule has 0 rings (SSSR count). The lowest BCUT2D eigenvalue weighted by atomic mass is 10.1. The van der Waals surface area contributed by atoms with Crippen molar-refractivity contribution in [2.45, 2.75) is 174 Å². The maximum Gasteiger partial charge on any atom is 0.130 e. The molecule has 0 aromatic heterocycles. The minimum absolute atomic E-state index is 0.0470. The van der Waals surface area contributed by atoms with Crippen molar-refractivity contribution in [1.29, 1.82) is 0 Å². The summed E-state index contributed by atoms with van der Waals surface area (Å²) in [4.78, 5) is 0. The van der Waals surface area contributed by atoms with E-state index >= 15 is 0 Å². The summed E-state index contributed by atoms with van der Waals surface area (Å²) in [5.41, 5.74) is 0. The molecule has 0 aliphatic carbocycles. The van der Waals surface area contributed by atoms with Crippen LogP contribution >= 0.6 is 0 Å². The third-order valence-corrected chi connectivity index (χ3v) is 9.63. The van der Waals surface area contributed by atoms with Crippen molar-refractivity contribution < 1.29 is 33.3 Å². The molecule has 0 saturated heterocycles. The van der Waals surface area contributed by atoms with Crippen molar-refractivity contribution in [2.24, 2.45) is 0 Å². The number of aliphatic hydroxyl groups is 1. The lowest BCUT2D eigenvalue weighted by Gasteiger charge is -2.33. The number of ether oxygens (including phenoxy) is 5. The van der Waals surface area contributed by atoms with Crippen LogP contribution in [0.1, 0.15) is 168 Å². The quantitative estimate of drug-likeness (QED) is 0.0381. The van der Waals surface area contributed by atoms with Crippen LogP contribution in [0.4, 0.5) is 0 Å². The van der Waals surface area contributed by atoms with Gasteiger partial charge in [-0.2, -0.15) is 0 Å². The van der Waals surface area contributed by atoms with Gasteiger partial charge in [0.05, 0.1) is 67.0 Å². The Morgan fingerprint density at radius 1 is 0.442 bits per heavy atom. The molecule has 0 aromatic carbocycles. The van der Waals surface area contributed by atoms with Crippen LogP contribution in [0.25, 0.3) is 0 Å². The number of hydrogen-bond donors (Lipinski definition) is 1. The molecule has 1 unspecified atom stereocenters. The van der Waals surface area contributed by atoms with Crippen molar-refractivity contribution in [1.82, 2.24) is 0 Å². The molecule has 0 spiro atoms. The highest BCUT2D eigenvalue weighted by Crippen LogP contribution is 2.13. The summed E-state index contributed by atoms with van der Waals surface area (Å²) in [7, 11) is 4.53. The van der Waals surface area contributed by atoms with Crippen LogP contribution in [0, 0.1) is 0 Å². The van der Waals surface area contributed by atoms with E-state index in [0.29, 0.717) is 46.2 Å². The lowest BCUT2D eigenvalue weighted by Crippen LogP contribution is -2.49. The van der Waals surface area contributed by atoms with Gasteiger partial charge in [-0.15, -0.1) is 0 Å². The van der Waals surface area contributed by atoms with Gasteiger partial charge in [-0.3, -0.25) is 0 Å². The number of rotatable bonds is 44. The number of aliphatic hydroxyl groups excluding tert-OH is 1. The van der Waals surface area contributed by atoms with Gasteiger partial charge in [0, 0.05) is 13.2 Å². The van der Waals surface area contributed by atoms with Gasteiger partial charge < -0.3 is 33.3 Å². The molecule has 1 atom stereocenters. The predicted octanol–water partition coefficient (Wildman–Crippen LogP) is 11.0. The Hall–Kier alpha value is -0.800. The van der Waals surface area contributed by atoms with Crippen molar-refractivity contribution >= 4 is 0 Å². The van der Waals surface area contributed by atoms with E-state index in [9.17, 15) is 0 Å². The molecule has 310 valence electrons. The van der Waals surface area contributed by atoms with Gasteiger partial charge in [0.15, 0.2) is 0 Å². The molecule has 0 amide bonds. The first kappa shape index (κ1) is 51.2. The minimum atomic E-state index is 0.0470. The smallest absolute Gasteiger partial charge is 0.130 e. The Kier molecular flexibility index (Phi) is 42.3. The van der Waals surface area contributed by atoms with Gasteiger partial charge in [-0.25, -0.2) is 0 Å². The van der Waals surface area contributed by atoms with E-state index in [1.807, 2.05) is 0 Å². The van der Waals surface area contributed by atoms with Crippen molar-refractivity contribution in [3.05, 3.63) is 24.3 Å². The number of allylic oxidation sites excluding steroid dienone is 4. The van der Waals surface area contributed by atoms with Gasteiger partial charge in [0.2, 0.25) is 0 Å². The number of nitrogens with zero attached hydrogens (tertiary/aromatic N) is 1. The molecule has 0 bridgehead atoms. The standard InChI is InChI=1S/C45H90NO6/c1-5-7-9-11-13-15-17-19-21-23-25-27-29-31-35-51-44-45(43-46(3,4)33-37-48-39-41-50-42-40-49-38-34-47)52-36-32-30-28-26-24-22-20-18-16-14-12-10-8-6-2/h11-14,45,47H,5-10,15-44H2,1-4H3/q+1/b13-11-,14-12-. The van der Waals surface area contributed by atoms with E-state index in [1.54, 1.807) is 0 Å². The van der Waals surface area contributed by atoms with Gasteiger partial charge in [-0.1, -0.05) is 141 Å². The molecule has 7 heteroatoms. The van der Waals surface area contributed by atoms with E-state index in [0.717, 1.165) is 43.6 Å². The van der Waals surface area contributed by atoms with E-state index in [1.165, 1.54) is 141 Å². The first-order chi connectivity index (χ1) is 25.6. The number of unbranched alkanes of at least 4 members (excludes halogenated alkanes) is 20. The van der Waals surface area contributed by atoms with Crippen molar-refractivity contribution in [2.75, 3.05) is 93.3 Å². The highest BCUT2D eigenvalue weighted by Gasteiger charge is 2.23. The Morgan fingerprint density at radius 3 is 1.33 bits per heavy atom. The van der Waals surface area contributed by atoms with E-state index in [-0.39, 0.29) is 12.7 Å². The van der Waals surface area contributed by atoms with Gasteiger partial charge >= 0.3 is 0 Å². The zero-order chi connectivity index (χ0) is 37.9. The summed E-state index contributed by atoms with van der Waals surface area (Å²) in [6, 6.07) is 0. The zero-order valence-corrected chi connectivity index (χ0v) is 35.3. The molecular weight excluding hydrogens is 650 g/mol. The maximum atomic E-state index is 8.76. The van der Waals surface area contributed by atoms with E-state index in [2.05, 4.69) is 52.2 Å². The molecule has 52 heavy (non-hydrogen) atoms. The van der Waals surface area contributed by atoms with Crippen LogP contribution in [0.5, 0.6) is 0 Å². The summed E-state index contributed by atoms with van der Waals surface area (Å²) in [6.07, 6.45) is 40.9. The number of quaternary nitrogens is 1. The molecule has 0 aromatic rings. The fourth-order valence-electron chi connectivity index (χ4n) is 6.25. The summed E-state index contributed by atoms with van der Waals surface area (Å²) in [5, 5.41) is 8.76. The zero-order valence-electron chi connectivity index (χ0n) is 35.3. The molecular formula is C45H90NO6+. The highest BCUT2D eigenvalue weighted by molar-refractivity contribution is 4.81. The molecule has 7 nitrogen and oxygen atoms in total. The normalized spacial score (nSPS) is 12.9. The average molecular weight is 741 g/mol. The second kappa shape index (κ2) is 42.9. The lowest BCUT2D eigenvalue weighted by molar-refractivity contribution is -0.894. The summed E-state index contributed by atoms with van der Waals surface area (Å²) < 4.78 is 30.1. The molecule has 0 saturated carbocycles. The molecule has 0 aliphatic rings. The van der Waals surface area contributed by atoms with Crippen molar-refractivity contribution in [3.63, 3.8) is 0 Å². The highest BCUT2D eigenvalue weighted by atomic mass is 16.5. The monoisotopic (exact) mass is 741 g/mol. The van der Waals surface area contributed by atoms with Crippen molar-refractivity contribution in [3.8, 4) is 0 Å². The van der Waals surface area contributed by atoms with Gasteiger partial charge in [0.25, 0.3) is 0 Å². The third-order valence-electron chi connectivity index (χ3n) is 9.63. The third kappa shape index (κ3) is 41.9. The fraction of sp³-hybridized carbons (Fsp3) is 0.911. The molecule has 0 heterocycles. The molecule has 1 N–H and O–H groups in total. The first-order valence-corrected chi connectivity index (χ1v) is 22.2. The molecule has 0 radical (unpaired) electrons. The average Bonchev–Trinajstić information content (AvgIpc) is 3.13. The Labute approximate surface area is 324 Å².